The fourth-order valence-electron chi connectivity index (χ4n) is 10.6. The quantitative estimate of drug-likeness (QED) is 0.0344. The second-order valence-corrected chi connectivity index (χ2v) is 23.7. The summed E-state index contributed by atoms with van der Waals surface area (Å²) in [4.78, 5) is 64.8. The summed E-state index contributed by atoms with van der Waals surface area (Å²) in [6.07, 6.45) is 9.38. The second kappa shape index (κ2) is 24.6. The van der Waals surface area contributed by atoms with Crippen LogP contribution in [0.1, 0.15) is 115 Å². The van der Waals surface area contributed by atoms with Gasteiger partial charge in [-0.15, -0.1) is 0 Å². The molecule has 0 saturated heterocycles. The molecule has 16 heteroatoms. The Labute approximate surface area is 455 Å². The normalized spacial score (nSPS) is 16.4. The zero-order valence-corrected chi connectivity index (χ0v) is 46.2. The van der Waals surface area contributed by atoms with Crippen molar-refractivity contribution in [3.05, 3.63) is 124 Å². The zero-order chi connectivity index (χ0) is 53.3. The third-order valence-corrected chi connectivity index (χ3v) is 18.0. The van der Waals surface area contributed by atoms with Crippen LogP contribution in [0.3, 0.4) is 0 Å². The largest absolute Gasteiger partial charge is 0.493 e. The number of carbonyl (C=O) groups excluding carboxylic acids is 4. The molecule has 14 nitrogen and oxygen atoms in total. The molecule has 76 heavy (non-hydrogen) atoms. The highest BCUT2D eigenvalue weighted by Crippen LogP contribution is 2.44. The zero-order valence-electron chi connectivity index (χ0n) is 44.6. The third-order valence-electron chi connectivity index (χ3n) is 14.5. The number of Topliss-reactive ketones (excluding diaryl/α,β-unsaturated/α-hetero) is 1. The van der Waals surface area contributed by atoms with Crippen LogP contribution in [0, 0.1) is 0 Å². The smallest absolute Gasteiger partial charge is 0.260 e. The van der Waals surface area contributed by atoms with E-state index in [1.54, 1.807) is 47.9 Å². The molecule has 4 heterocycles. The first-order valence-electron chi connectivity index (χ1n) is 26.5. The van der Waals surface area contributed by atoms with E-state index in [0.29, 0.717) is 90.1 Å². The summed E-state index contributed by atoms with van der Waals surface area (Å²) in [6.45, 7) is 8.50. The summed E-state index contributed by atoms with van der Waals surface area (Å²) in [5, 5.41) is 6.68. The van der Waals surface area contributed by atoms with Gasteiger partial charge in [0.1, 0.15) is 19.0 Å². The Hall–Kier alpha value is -6.65. The van der Waals surface area contributed by atoms with E-state index in [2.05, 4.69) is 46.5 Å². The number of hydrogen-bond acceptors (Lipinski definition) is 13. The molecular weight excluding hydrogens is 997 g/mol. The number of amides is 3. The number of ether oxygens (including phenoxy) is 4. The standard InChI is InChI=1S/C60H70N6O8S2/c1-7-61-24-14-8-9-18-46(67)19-15-25-75-76-60(2,3)23-22-57(68)63-43-27-39(37-73-55-33-49-47(31-53(55)71-5)58(69)65-44(35-62-49)29-41-16-10-12-20-50(41)65)26-40(28-43)38-74-56-34-52-48(32-54(56)72-6)59(70)66-45(36-64(52)4)30-42-17-11-13-21-51(42)66/h7,10-13,16-17,20-21,26-28,31-34,44-45,62H,8-9,14-15,18-19,22-25,29-30,35-38H2,1-6H3,(H,63,68)/t44-,45-/m0/s1. The number of rotatable bonds is 24. The number of methoxy groups -OCH3 is 2. The van der Waals surface area contributed by atoms with Gasteiger partial charge in [-0.05, 0) is 130 Å². The molecule has 9 rings (SSSR count). The maximum atomic E-state index is 14.3. The average molecular weight is 1070 g/mol. The summed E-state index contributed by atoms with van der Waals surface area (Å²) in [5.41, 5.74) is 8.77. The lowest BCUT2D eigenvalue weighted by Crippen LogP contribution is -2.41. The number of benzene rings is 5. The van der Waals surface area contributed by atoms with Crippen molar-refractivity contribution in [2.75, 3.05) is 72.0 Å². The molecule has 0 fully saturated rings. The van der Waals surface area contributed by atoms with Gasteiger partial charge in [0.25, 0.3) is 11.8 Å². The van der Waals surface area contributed by atoms with Gasteiger partial charge in [0.15, 0.2) is 23.0 Å². The molecule has 3 amide bonds. The van der Waals surface area contributed by atoms with Crippen molar-refractivity contribution in [1.82, 2.24) is 0 Å². The van der Waals surface area contributed by atoms with Gasteiger partial charge in [0.05, 0.1) is 48.8 Å². The number of likely N-dealkylation sites (N-methyl/N-ethyl adjacent to an activating group) is 1. The molecule has 0 spiro atoms. The number of ketones is 1. The van der Waals surface area contributed by atoms with Crippen molar-refractivity contribution in [3.63, 3.8) is 0 Å². The van der Waals surface area contributed by atoms with Gasteiger partial charge in [-0.25, -0.2) is 0 Å². The number of fused-ring (bicyclic) bond motifs is 8. The Morgan fingerprint density at radius 3 is 2.04 bits per heavy atom. The van der Waals surface area contributed by atoms with E-state index < -0.39 is 0 Å². The van der Waals surface area contributed by atoms with Crippen molar-refractivity contribution in [3.8, 4) is 23.0 Å². The molecule has 0 aliphatic carbocycles. The molecule has 5 aromatic carbocycles. The van der Waals surface area contributed by atoms with Crippen molar-refractivity contribution >= 4 is 79.7 Å². The van der Waals surface area contributed by atoms with Crippen LogP contribution in [0.5, 0.6) is 23.0 Å². The van der Waals surface area contributed by atoms with E-state index in [9.17, 15) is 19.2 Å². The summed E-state index contributed by atoms with van der Waals surface area (Å²) in [7, 11) is 8.65. The van der Waals surface area contributed by atoms with E-state index in [4.69, 9.17) is 18.9 Å². The summed E-state index contributed by atoms with van der Waals surface area (Å²) < 4.78 is 24.7. The Morgan fingerprint density at radius 2 is 1.36 bits per heavy atom. The first-order chi connectivity index (χ1) is 36.8. The lowest BCUT2D eigenvalue weighted by molar-refractivity contribution is -0.119. The Bertz CT molecular complexity index is 2980. The van der Waals surface area contributed by atoms with E-state index in [1.807, 2.05) is 96.7 Å². The number of unbranched alkanes of at least 4 members (excludes halogenated alkanes) is 2. The van der Waals surface area contributed by atoms with Gasteiger partial charge in [0.2, 0.25) is 5.91 Å². The minimum atomic E-state index is -0.180. The number of carbonyl (C=O) groups is 4. The highest BCUT2D eigenvalue weighted by molar-refractivity contribution is 8.77. The predicted octanol–water partition coefficient (Wildman–Crippen LogP) is 11.8. The van der Waals surface area contributed by atoms with E-state index in [1.165, 1.54) is 0 Å². The number of para-hydroxylation sites is 2. The molecule has 400 valence electrons. The van der Waals surface area contributed by atoms with Gasteiger partial charge >= 0.3 is 0 Å². The fraction of sp³-hybridized carbons (Fsp3) is 0.417. The average Bonchev–Trinajstić information content (AvgIpc) is 3.92. The molecule has 2 N–H and O–H groups in total. The van der Waals surface area contributed by atoms with E-state index >= 15 is 0 Å². The molecule has 5 aromatic rings. The maximum absolute atomic E-state index is 14.3. The molecule has 0 bridgehead atoms. The van der Waals surface area contributed by atoms with Crippen LogP contribution < -0.4 is 44.3 Å². The van der Waals surface area contributed by atoms with Crippen LogP contribution in [0.2, 0.25) is 0 Å². The Morgan fingerprint density at radius 1 is 0.737 bits per heavy atom. The van der Waals surface area contributed by atoms with Gasteiger partial charge in [-0.1, -0.05) is 64.4 Å². The van der Waals surface area contributed by atoms with Crippen molar-refractivity contribution < 1.29 is 38.1 Å². The first kappa shape index (κ1) is 54.2. The highest BCUT2D eigenvalue weighted by Gasteiger charge is 2.40. The van der Waals surface area contributed by atoms with Crippen LogP contribution in [0.25, 0.3) is 0 Å². The SMILES string of the molecule is CC=NCCCCCC(=O)CCCSSC(C)(C)CCC(=O)Nc1cc(COc2cc3c(cc2OC)C(=O)N2c4ccccc4C[C@H]2CN3)cc(COc2cc3c(cc2OC)C(=O)N2c4ccccc4C[C@H]2CN3C)c1. The fourth-order valence-corrected chi connectivity index (χ4v) is 13.3. The van der Waals surface area contributed by atoms with Crippen LogP contribution in [-0.2, 0) is 35.6 Å². The predicted molar refractivity (Wildman–Crippen MR) is 308 cm³/mol. The minimum absolute atomic E-state index is 0.00932. The highest BCUT2D eigenvalue weighted by atomic mass is 33.1. The molecule has 0 aromatic heterocycles. The number of aliphatic imine (C=N–C) groups is 1. The van der Waals surface area contributed by atoms with Crippen LogP contribution in [0.15, 0.2) is 96.0 Å². The number of nitrogens with one attached hydrogen (secondary N) is 2. The molecule has 0 radical (unpaired) electrons. The van der Waals surface area contributed by atoms with Crippen molar-refractivity contribution in [2.24, 2.45) is 4.99 Å². The van der Waals surface area contributed by atoms with Crippen LogP contribution in [-0.4, -0.2) is 93.2 Å². The molecule has 0 unspecified atom stereocenters. The summed E-state index contributed by atoms with van der Waals surface area (Å²) in [6, 6.07) is 29.1. The topological polar surface area (TPSA) is 151 Å². The molecular formula is C60H70N6O8S2. The molecule has 4 aliphatic rings. The summed E-state index contributed by atoms with van der Waals surface area (Å²) >= 11 is 0. The lowest BCUT2D eigenvalue weighted by Gasteiger charge is -2.25. The molecule has 2 atom stereocenters. The number of nitrogens with zero attached hydrogens (tertiary/aromatic N) is 4. The van der Waals surface area contributed by atoms with Crippen molar-refractivity contribution in [1.29, 1.82) is 0 Å². The second-order valence-electron chi connectivity index (χ2n) is 20.6. The maximum Gasteiger partial charge on any atom is 0.260 e. The van der Waals surface area contributed by atoms with Gasteiger partial charge < -0.3 is 44.3 Å². The van der Waals surface area contributed by atoms with Gasteiger partial charge in [-0.2, -0.15) is 0 Å². The Balaban J connectivity index is 0.888. The summed E-state index contributed by atoms with van der Waals surface area (Å²) in [5.74, 6) is 2.69. The van der Waals surface area contributed by atoms with Gasteiger partial charge in [0, 0.05) is 85.6 Å². The van der Waals surface area contributed by atoms with Crippen LogP contribution in [0.4, 0.5) is 28.4 Å². The van der Waals surface area contributed by atoms with E-state index in [-0.39, 0.29) is 47.8 Å². The van der Waals surface area contributed by atoms with Crippen molar-refractivity contribution in [2.45, 2.75) is 115 Å². The van der Waals surface area contributed by atoms with Crippen LogP contribution >= 0.6 is 21.6 Å². The molecule has 4 aliphatic heterocycles. The minimum Gasteiger partial charge on any atom is -0.493 e. The Kier molecular flexibility index (Phi) is 17.5. The first-order valence-corrected chi connectivity index (χ1v) is 28.8. The van der Waals surface area contributed by atoms with Gasteiger partial charge in [-0.3, -0.25) is 24.2 Å². The third kappa shape index (κ3) is 12.6. The number of anilines is 5. The van der Waals surface area contributed by atoms with E-state index in [0.717, 1.165) is 90.1 Å². The molecule has 0 saturated carbocycles. The lowest BCUT2D eigenvalue weighted by atomic mass is 10.1. The number of hydrogen-bond donors (Lipinski definition) is 2. The monoisotopic (exact) mass is 1070 g/mol.